The summed E-state index contributed by atoms with van der Waals surface area (Å²) in [6, 6.07) is 0. The SMILES string of the molecule is CCCCCCN/C(C)=C\C(C)=S. The van der Waals surface area contributed by atoms with Crippen molar-refractivity contribution in [2.24, 2.45) is 0 Å². The lowest BCUT2D eigenvalue weighted by molar-refractivity contribution is 0.635. The van der Waals surface area contributed by atoms with Gasteiger partial charge in [0.1, 0.15) is 0 Å². The zero-order chi connectivity index (χ0) is 10.1. The van der Waals surface area contributed by atoms with E-state index in [1.165, 1.54) is 31.4 Å². The Morgan fingerprint density at radius 2 is 1.92 bits per heavy atom. The third-order valence-corrected chi connectivity index (χ3v) is 1.97. The van der Waals surface area contributed by atoms with Crippen LogP contribution in [-0.2, 0) is 0 Å². The highest BCUT2D eigenvalue weighted by Crippen LogP contribution is 1.98. The lowest BCUT2D eigenvalue weighted by Crippen LogP contribution is -2.13. The van der Waals surface area contributed by atoms with Gasteiger partial charge in [-0.3, -0.25) is 0 Å². The molecule has 0 bridgehead atoms. The number of rotatable bonds is 7. The Hall–Kier alpha value is -0.370. The molecule has 0 aromatic rings. The molecule has 2 heteroatoms. The summed E-state index contributed by atoms with van der Waals surface area (Å²) in [6.45, 7) is 7.31. The van der Waals surface area contributed by atoms with Crippen LogP contribution in [0.2, 0.25) is 0 Å². The minimum Gasteiger partial charge on any atom is -0.389 e. The average Bonchev–Trinajstić information content (AvgIpc) is 2.02. The molecule has 0 fully saturated rings. The molecule has 0 unspecified atom stereocenters. The summed E-state index contributed by atoms with van der Waals surface area (Å²) in [5.74, 6) is 0. The fourth-order valence-corrected chi connectivity index (χ4v) is 1.37. The average molecular weight is 199 g/mol. The Kier molecular flexibility index (Phi) is 8.00. The highest BCUT2D eigenvalue weighted by Gasteiger charge is 1.89. The molecule has 0 rings (SSSR count). The summed E-state index contributed by atoms with van der Waals surface area (Å²) < 4.78 is 0. The molecule has 0 atom stereocenters. The lowest BCUT2D eigenvalue weighted by Gasteiger charge is -2.05. The van der Waals surface area contributed by atoms with Gasteiger partial charge in [-0.1, -0.05) is 38.4 Å². The van der Waals surface area contributed by atoms with Crippen LogP contribution in [-0.4, -0.2) is 11.4 Å². The zero-order valence-corrected chi connectivity index (χ0v) is 9.84. The Bertz CT molecular complexity index is 173. The van der Waals surface area contributed by atoms with Crippen molar-refractivity contribution in [3.8, 4) is 0 Å². The molecule has 0 heterocycles. The van der Waals surface area contributed by atoms with Gasteiger partial charge in [-0.25, -0.2) is 0 Å². The highest BCUT2D eigenvalue weighted by molar-refractivity contribution is 7.80. The molecule has 0 saturated carbocycles. The van der Waals surface area contributed by atoms with Gasteiger partial charge in [0.05, 0.1) is 0 Å². The van der Waals surface area contributed by atoms with Gasteiger partial charge in [0, 0.05) is 17.1 Å². The first kappa shape index (κ1) is 12.6. The molecular weight excluding hydrogens is 178 g/mol. The molecule has 0 aliphatic heterocycles. The van der Waals surface area contributed by atoms with E-state index in [9.17, 15) is 0 Å². The lowest BCUT2D eigenvalue weighted by atomic mass is 10.2. The summed E-state index contributed by atoms with van der Waals surface area (Å²) in [4.78, 5) is 0.943. The van der Waals surface area contributed by atoms with Crippen molar-refractivity contribution in [2.45, 2.75) is 46.5 Å². The molecule has 0 spiro atoms. The minimum absolute atomic E-state index is 0.943. The quantitative estimate of drug-likeness (QED) is 0.383. The maximum atomic E-state index is 4.98. The fourth-order valence-electron chi connectivity index (χ4n) is 1.19. The van der Waals surface area contributed by atoms with E-state index >= 15 is 0 Å². The Balaban J connectivity index is 3.37. The smallest absolute Gasteiger partial charge is 0.0143 e. The van der Waals surface area contributed by atoms with Crippen LogP contribution < -0.4 is 5.32 Å². The fraction of sp³-hybridized carbons (Fsp3) is 0.727. The first-order valence-electron chi connectivity index (χ1n) is 5.09. The second-order valence-corrected chi connectivity index (χ2v) is 4.07. The number of hydrogen-bond acceptors (Lipinski definition) is 2. The highest BCUT2D eigenvalue weighted by atomic mass is 32.1. The van der Waals surface area contributed by atoms with Gasteiger partial charge in [-0.2, -0.15) is 0 Å². The van der Waals surface area contributed by atoms with E-state index in [0.29, 0.717) is 0 Å². The van der Waals surface area contributed by atoms with E-state index < -0.39 is 0 Å². The molecule has 1 nitrogen and oxygen atoms in total. The van der Waals surface area contributed by atoms with Gasteiger partial charge in [-0.15, -0.1) is 0 Å². The molecule has 0 aliphatic rings. The van der Waals surface area contributed by atoms with Crippen molar-refractivity contribution in [3.05, 3.63) is 11.8 Å². The van der Waals surface area contributed by atoms with Crippen LogP contribution >= 0.6 is 12.2 Å². The van der Waals surface area contributed by atoms with Gasteiger partial charge in [0.2, 0.25) is 0 Å². The summed E-state index contributed by atoms with van der Waals surface area (Å²) in [5.41, 5.74) is 1.18. The summed E-state index contributed by atoms with van der Waals surface area (Å²) in [5, 5.41) is 3.35. The molecule has 0 aliphatic carbocycles. The van der Waals surface area contributed by atoms with Crippen LogP contribution in [0, 0.1) is 0 Å². The van der Waals surface area contributed by atoms with Crippen LogP contribution in [0.15, 0.2) is 11.8 Å². The predicted octanol–water partition coefficient (Wildman–Crippen LogP) is 3.45. The standard InChI is InChI=1S/C11H21NS/c1-4-5-6-7-8-12-10(2)9-11(3)13/h9,12H,4-8H2,1-3H3/b10-9-. The van der Waals surface area contributed by atoms with Crippen LogP contribution in [0.4, 0.5) is 0 Å². The van der Waals surface area contributed by atoms with E-state index in [0.717, 1.165) is 11.4 Å². The number of allylic oxidation sites excluding steroid dienone is 2. The summed E-state index contributed by atoms with van der Waals surface area (Å²) in [6.07, 6.45) is 7.24. The number of hydrogen-bond donors (Lipinski definition) is 1. The van der Waals surface area contributed by atoms with Crippen LogP contribution in [0.3, 0.4) is 0 Å². The molecule has 0 aromatic heterocycles. The molecule has 0 aromatic carbocycles. The molecule has 76 valence electrons. The van der Waals surface area contributed by atoms with Gasteiger partial charge in [-0.05, 0) is 26.3 Å². The first-order valence-corrected chi connectivity index (χ1v) is 5.50. The molecule has 0 saturated heterocycles. The van der Waals surface area contributed by atoms with Crippen LogP contribution in [0.5, 0.6) is 0 Å². The minimum atomic E-state index is 0.943. The number of unbranched alkanes of at least 4 members (excludes halogenated alkanes) is 3. The van der Waals surface area contributed by atoms with Crippen LogP contribution in [0.25, 0.3) is 0 Å². The van der Waals surface area contributed by atoms with Crippen LogP contribution in [0.1, 0.15) is 46.5 Å². The molecule has 0 radical (unpaired) electrons. The second kappa shape index (κ2) is 8.24. The second-order valence-electron chi connectivity index (χ2n) is 3.43. The summed E-state index contributed by atoms with van der Waals surface area (Å²) in [7, 11) is 0. The molecule has 0 amide bonds. The van der Waals surface area contributed by atoms with Gasteiger partial charge >= 0.3 is 0 Å². The van der Waals surface area contributed by atoms with E-state index in [2.05, 4.69) is 19.2 Å². The van der Waals surface area contributed by atoms with Crippen molar-refractivity contribution in [2.75, 3.05) is 6.54 Å². The topological polar surface area (TPSA) is 12.0 Å². The molecule has 1 N–H and O–H groups in total. The van der Waals surface area contributed by atoms with Crippen molar-refractivity contribution in [1.29, 1.82) is 0 Å². The first-order chi connectivity index (χ1) is 6.16. The van der Waals surface area contributed by atoms with Crippen molar-refractivity contribution < 1.29 is 0 Å². The number of thiocarbonyl (C=S) groups is 1. The van der Waals surface area contributed by atoms with Gasteiger partial charge in [0.15, 0.2) is 0 Å². The maximum absolute atomic E-state index is 4.98. The van der Waals surface area contributed by atoms with E-state index in [1.54, 1.807) is 0 Å². The van der Waals surface area contributed by atoms with Crippen molar-refractivity contribution >= 4 is 17.1 Å². The van der Waals surface area contributed by atoms with E-state index in [4.69, 9.17) is 12.2 Å². The zero-order valence-electron chi connectivity index (χ0n) is 9.02. The van der Waals surface area contributed by atoms with Gasteiger partial charge < -0.3 is 5.32 Å². The third-order valence-electron chi connectivity index (χ3n) is 1.85. The molecule has 13 heavy (non-hydrogen) atoms. The van der Waals surface area contributed by atoms with Crippen molar-refractivity contribution in [1.82, 2.24) is 5.32 Å². The molecular formula is C11H21NS. The van der Waals surface area contributed by atoms with Crippen molar-refractivity contribution in [3.63, 3.8) is 0 Å². The Morgan fingerprint density at radius 3 is 2.46 bits per heavy atom. The number of nitrogens with one attached hydrogen (secondary N) is 1. The van der Waals surface area contributed by atoms with E-state index in [1.807, 2.05) is 13.0 Å². The third kappa shape index (κ3) is 9.54. The maximum Gasteiger partial charge on any atom is 0.0143 e. The van der Waals surface area contributed by atoms with E-state index in [-0.39, 0.29) is 0 Å². The van der Waals surface area contributed by atoms with Gasteiger partial charge in [0.25, 0.3) is 0 Å². The summed E-state index contributed by atoms with van der Waals surface area (Å²) >= 11 is 4.98. The Labute approximate surface area is 87.6 Å². The Morgan fingerprint density at radius 1 is 1.23 bits per heavy atom. The normalized spacial score (nSPS) is 11.5. The predicted molar refractivity (Wildman–Crippen MR) is 64.2 cm³/mol. The monoisotopic (exact) mass is 199 g/mol. The largest absolute Gasteiger partial charge is 0.389 e.